The second-order valence-electron chi connectivity index (χ2n) is 5.55. The van der Waals surface area contributed by atoms with Crippen LogP contribution in [-0.4, -0.2) is 23.7 Å². The molecule has 1 saturated heterocycles. The van der Waals surface area contributed by atoms with E-state index >= 15 is 0 Å². The summed E-state index contributed by atoms with van der Waals surface area (Å²) in [6.07, 6.45) is 3.74. The summed E-state index contributed by atoms with van der Waals surface area (Å²) in [4.78, 5) is 0. The molecule has 98 valence electrons. The van der Waals surface area contributed by atoms with Crippen molar-refractivity contribution in [3.8, 4) is 5.75 Å². The molecule has 2 aliphatic rings. The van der Waals surface area contributed by atoms with Crippen LogP contribution < -0.4 is 10.1 Å². The van der Waals surface area contributed by atoms with Crippen LogP contribution in [0.15, 0.2) is 18.2 Å². The van der Waals surface area contributed by atoms with Gasteiger partial charge < -0.3 is 10.1 Å². The van der Waals surface area contributed by atoms with E-state index in [0.29, 0.717) is 4.75 Å². The fraction of sp³-hybridized carbons (Fsp3) is 0.600. The Balaban J connectivity index is 1.66. The van der Waals surface area contributed by atoms with Crippen molar-refractivity contribution >= 4 is 11.8 Å². The SMILES string of the molecule is CC1(COc2ccc3c(c2)CCNC3)CCCS1. The lowest BCUT2D eigenvalue weighted by Crippen LogP contribution is -2.26. The molecule has 0 saturated carbocycles. The molecule has 1 aromatic rings. The minimum Gasteiger partial charge on any atom is -0.492 e. The second kappa shape index (κ2) is 5.14. The largest absolute Gasteiger partial charge is 0.492 e. The van der Waals surface area contributed by atoms with E-state index in [1.165, 1.54) is 29.7 Å². The Morgan fingerprint density at radius 3 is 3.17 bits per heavy atom. The predicted octanol–water partition coefficient (Wildman–Crippen LogP) is 3.00. The Bertz CT molecular complexity index is 427. The average Bonchev–Trinajstić information content (AvgIpc) is 2.84. The number of hydrogen-bond donors (Lipinski definition) is 1. The monoisotopic (exact) mass is 263 g/mol. The lowest BCUT2D eigenvalue weighted by Gasteiger charge is -2.24. The van der Waals surface area contributed by atoms with Gasteiger partial charge in [0, 0.05) is 11.3 Å². The molecule has 1 unspecified atom stereocenters. The first-order valence-corrected chi connectivity index (χ1v) is 7.83. The number of nitrogens with one attached hydrogen (secondary N) is 1. The fourth-order valence-electron chi connectivity index (χ4n) is 2.73. The third-order valence-electron chi connectivity index (χ3n) is 3.91. The maximum absolute atomic E-state index is 6.02. The summed E-state index contributed by atoms with van der Waals surface area (Å²) < 4.78 is 6.35. The van der Waals surface area contributed by atoms with E-state index in [1.54, 1.807) is 0 Å². The van der Waals surface area contributed by atoms with Crippen molar-refractivity contribution in [1.29, 1.82) is 0 Å². The first-order chi connectivity index (χ1) is 8.75. The van der Waals surface area contributed by atoms with E-state index in [-0.39, 0.29) is 0 Å². The van der Waals surface area contributed by atoms with Gasteiger partial charge >= 0.3 is 0 Å². The van der Waals surface area contributed by atoms with Crippen LogP contribution in [0.3, 0.4) is 0 Å². The van der Waals surface area contributed by atoms with Gasteiger partial charge in [-0.25, -0.2) is 0 Å². The van der Waals surface area contributed by atoms with Gasteiger partial charge in [0.05, 0.1) is 0 Å². The predicted molar refractivity (Wildman–Crippen MR) is 77.4 cm³/mol. The highest BCUT2D eigenvalue weighted by molar-refractivity contribution is 8.00. The smallest absolute Gasteiger partial charge is 0.119 e. The summed E-state index contributed by atoms with van der Waals surface area (Å²) in [5.41, 5.74) is 2.88. The molecule has 0 spiro atoms. The number of rotatable bonds is 3. The van der Waals surface area contributed by atoms with Gasteiger partial charge in [-0.1, -0.05) is 6.07 Å². The van der Waals surface area contributed by atoms with E-state index in [4.69, 9.17) is 4.74 Å². The average molecular weight is 263 g/mol. The van der Waals surface area contributed by atoms with Gasteiger partial charge in [-0.05, 0) is 61.7 Å². The molecule has 18 heavy (non-hydrogen) atoms. The summed E-state index contributed by atoms with van der Waals surface area (Å²) in [6.45, 7) is 5.26. The quantitative estimate of drug-likeness (QED) is 0.906. The summed E-state index contributed by atoms with van der Waals surface area (Å²) in [7, 11) is 0. The molecule has 0 aromatic heterocycles. The maximum Gasteiger partial charge on any atom is 0.119 e. The molecule has 3 heteroatoms. The Kier molecular flexibility index (Phi) is 3.53. The molecule has 2 heterocycles. The molecular formula is C15H21NOS. The summed E-state index contributed by atoms with van der Waals surface area (Å²) in [6, 6.07) is 6.56. The molecular weight excluding hydrogens is 242 g/mol. The zero-order valence-corrected chi connectivity index (χ0v) is 11.8. The van der Waals surface area contributed by atoms with E-state index in [0.717, 1.165) is 31.9 Å². The lowest BCUT2D eigenvalue weighted by molar-refractivity contribution is 0.275. The van der Waals surface area contributed by atoms with Gasteiger partial charge in [0.1, 0.15) is 12.4 Å². The highest BCUT2D eigenvalue weighted by Crippen LogP contribution is 2.38. The van der Waals surface area contributed by atoms with Crippen molar-refractivity contribution in [2.75, 3.05) is 18.9 Å². The van der Waals surface area contributed by atoms with Crippen LogP contribution in [0.5, 0.6) is 5.75 Å². The molecule has 0 radical (unpaired) electrons. The molecule has 1 N–H and O–H groups in total. The van der Waals surface area contributed by atoms with Crippen molar-refractivity contribution in [3.05, 3.63) is 29.3 Å². The Hall–Kier alpha value is -0.670. The normalized spacial score (nSPS) is 26.9. The second-order valence-corrected chi connectivity index (χ2v) is 7.23. The van der Waals surface area contributed by atoms with Crippen LogP contribution in [0.1, 0.15) is 30.9 Å². The van der Waals surface area contributed by atoms with Gasteiger partial charge in [0.2, 0.25) is 0 Å². The summed E-state index contributed by atoms with van der Waals surface area (Å²) in [5.74, 6) is 2.33. The maximum atomic E-state index is 6.02. The summed E-state index contributed by atoms with van der Waals surface area (Å²) >= 11 is 2.06. The zero-order chi connectivity index (χ0) is 12.4. The Morgan fingerprint density at radius 2 is 2.33 bits per heavy atom. The van der Waals surface area contributed by atoms with E-state index < -0.39 is 0 Å². The van der Waals surface area contributed by atoms with Gasteiger partial charge in [-0.15, -0.1) is 0 Å². The molecule has 3 rings (SSSR count). The van der Waals surface area contributed by atoms with Crippen molar-refractivity contribution in [1.82, 2.24) is 5.32 Å². The molecule has 1 fully saturated rings. The van der Waals surface area contributed by atoms with E-state index in [1.807, 2.05) is 0 Å². The zero-order valence-electron chi connectivity index (χ0n) is 11.0. The standard InChI is InChI=1S/C15H21NOS/c1-15(6-2-8-18-15)11-17-14-4-3-13-10-16-7-5-12(13)9-14/h3-4,9,16H,2,5-8,10-11H2,1H3. The third-order valence-corrected chi connectivity index (χ3v) is 5.42. The van der Waals surface area contributed by atoms with Crippen LogP contribution in [0.4, 0.5) is 0 Å². The molecule has 2 aliphatic heterocycles. The number of benzene rings is 1. The van der Waals surface area contributed by atoms with Gasteiger partial charge in [-0.2, -0.15) is 11.8 Å². The number of fused-ring (bicyclic) bond motifs is 1. The van der Waals surface area contributed by atoms with Crippen LogP contribution >= 0.6 is 11.8 Å². The molecule has 0 aliphatic carbocycles. The Labute approximate surface area is 113 Å². The molecule has 1 aromatic carbocycles. The first kappa shape index (κ1) is 12.4. The molecule has 0 bridgehead atoms. The highest BCUT2D eigenvalue weighted by atomic mass is 32.2. The number of ether oxygens (including phenoxy) is 1. The van der Waals surface area contributed by atoms with Gasteiger partial charge in [0.15, 0.2) is 0 Å². The number of hydrogen-bond acceptors (Lipinski definition) is 3. The van der Waals surface area contributed by atoms with Crippen LogP contribution in [0.2, 0.25) is 0 Å². The van der Waals surface area contributed by atoms with E-state index in [9.17, 15) is 0 Å². The molecule has 0 amide bonds. The fourth-order valence-corrected chi connectivity index (χ4v) is 3.94. The topological polar surface area (TPSA) is 21.3 Å². The summed E-state index contributed by atoms with van der Waals surface area (Å²) in [5, 5.41) is 3.40. The number of thioether (sulfide) groups is 1. The minimum atomic E-state index is 0.331. The first-order valence-electron chi connectivity index (χ1n) is 6.84. The van der Waals surface area contributed by atoms with Crippen molar-refractivity contribution in [2.24, 2.45) is 0 Å². The molecule has 2 nitrogen and oxygen atoms in total. The van der Waals surface area contributed by atoms with E-state index in [2.05, 4.69) is 42.2 Å². The van der Waals surface area contributed by atoms with Crippen LogP contribution in [0.25, 0.3) is 0 Å². The van der Waals surface area contributed by atoms with Crippen LogP contribution in [0, 0.1) is 0 Å². The minimum absolute atomic E-state index is 0.331. The van der Waals surface area contributed by atoms with Crippen molar-refractivity contribution in [2.45, 2.75) is 37.5 Å². The van der Waals surface area contributed by atoms with Crippen LogP contribution in [-0.2, 0) is 13.0 Å². The van der Waals surface area contributed by atoms with Gasteiger partial charge in [-0.3, -0.25) is 0 Å². The lowest BCUT2D eigenvalue weighted by atomic mass is 10.0. The highest BCUT2D eigenvalue weighted by Gasteiger charge is 2.30. The van der Waals surface area contributed by atoms with Crippen molar-refractivity contribution < 1.29 is 4.74 Å². The van der Waals surface area contributed by atoms with Crippen molar-refractivity contribution in [3.63, 3.8) is 0 Å². The van der Waals surface area contributed by atoms with Gasteiger partial charge in [0.25, 0.3) is 0 Å². The molecule has 1 atom stereocenters. The Morgan fingerprint density at radius 1 is 1.39 bits per heavy atom. The third kappa shape index (κ3) is 2.67.